The third-order valence-corrected chi connectivity index (χ3v) is 3.72. The molecule has 2 rings (SSSR count). The van der Waals surface area contributed by atoms with Gasteiger partial charge in [0.1, 0.15) is 5.75 Å². The number of nitrogens with zero attached hydrogens (tertiary/aromatic N) is 1. The maximum atomic E-state index is 12.0. The van der Waals surface area contributed by atoms with Crippen LogP contribution in [0.3, 0.4) is 0 Å². The average Bonchev–Trinajstić information content (AvgIpc) is 2.60. The smallest absolute Gasteiger partial charge is 0.253 e. The zero-order valence-electron chi connectivity index (χ0n) is 14.3. The second-order valence-corrected chi connectivity index (χ2v) is 5.94. The molecule has 132 valence electrons. The van der Waals surface area contributed by atoms with Crippen LogP contribution in [-0.2, 0) is 4.79 Å². The highest BCUT2D eigenvalue weighted by Crippen LogP contribution is 2.27. The summed E-state index contributed by atoms with van der Waals surface area (Å²) in [6, 6.07) is 12.0. The summed E-state index contributed by atoms with van der Waals surface area (Å²) in [6.45, 7) is 0.0879. The molecule has 0 bridgehead atoms. The highest BCUT2D eigenvalue weighted by atomic mass is 35.5. The fourth-order valence-electron chi connectivity index (χ4n) is 2.12. The quantitative estimate of drug-likeness (QED) is 0.829. The maximum absolute atomic E-state index is 12.0. The van der Waals surface area contributed by atoms with Crippen molar-refractivity contribution in [2.75, 3.05) is 38.4 Å². The molecule has 2 amide bonds. The molecule has 7 heteroatoms. The van der Waals surface area contributed by atoms with E-state index < -0.39 is 0 Å². The van der Waals surface area contributed by atoms with Gasteiger partial charge in [0, 0.05) is 31.0 Å². The standard InChI is InChI=1S/C18H20ClN3O3/c1-22(2)18(24)12-4-6-13(7-5-12)20-11-17(23)21-14-8-9-16(25-3)15(19)10-14/h4-10,20H,11H2,1-3H3,(H,21,23). The van der Waals surface area contributed by atoms with Gasteiger partial charge in [-0.15, -0.1) is 0 Å². The van der Waals surface area contributed by atoms with Gasteiger partial charge in [-0.25, -0.2) is 0 Å². The molecular formula is C18H20ClN3O3. The Bertz CT molecular complexity index is 761. The van der Waals surface area contributed by atoms with Crippen LogP contribution < -0.4 is 15.4 Å². The van der Waals surface area contributed by atoms with Crippen molar-refractivity contribution in [3.05, 3.63) is 53.1 Å². The van der Waals surface area contributed by atoms with Gasteiger partial charge in [0.2, 0.25) is 5.91 Å². The molecule has 0 aromatic heterocycles. The van der Waals surface area contributed by atoms with Crippen LogP contribution in [0, 0.1) is 0 Å². The van der Waals surface area contributed by atoms with Gasteiger partial charge in [-0.2, -0.15) is 0 Å². The number of methoxy groups -OCH3 is 1. The van der Waals surface area contributed by atoms with Crippen molar-refractivity contribution in [3.63, 3.8) is 0 Å². The molecule has 2 aromatic carbocycles. The van der Waals surface area contributed by atoms with Crippen molar-refractivity contribution >= 4 is 34.8 Å². The zero-order valence-corrected chi connectivity index (χ0v) is 15.1. The lowest BCUT2D eigenvalue weighted by atomic mass is 10.2. The first-order valence-electron chi connectivity index (χ1n) is 7.59. The van der Waals surface area contributed by atoms with E-state index in [1.807, 2.05) is 0 Å². The van der Waals surface area contributed by atoms with E-state index in [1.54, 1.807) is 56.6 Å². The first-order valence-corrected chi connectivity index (χ1v) is 7.97. The number of nitrogens with one attached hydrogen (secondary N) is 2. The maximum Gasteiger partial charge on any atom is 0.253 e. The van der Waals surface area contributed by atoms with Crippen molar-refractivity contribution < 1.29 is 14.3 Å². The predicted octanol–water partition coefficient (Wildman–Crippen LogP) is 3.10. The van der Waals surface area contributed by atoms with Crippen LogP contribution in [0.1, 0.15) is 10.4 Å². The Labute approximate surface area is 151 Å². The Morgan fingerprint density at radius 3 is 2.28 bits per heavy atom. The molecule has 25 heavy (non-hydrogen) atoms. The van der Waals surface area contributed by atoms with Gasteiger partial charge < -0.3 is 20.3 Å². The van der Waals surface area contributed by atoms with E-state index in [-0.39, 0.29) is 18.4 Å². The molecule has 0 aliphatic heterocycles. The van der Waals surface area contributed by atoms with Crippen LogP contribution >= 0.6 is 11.6 Å². The van der Waals surface area contributed by atoms with Crippen molar-refractivity contribution in [2.45, 2.75) is 0 Å². The highest BCUT2D eigenvalue weighted by Gasteiger charge is 2.08. The molecule has 0 heterocycles. The molecule has 0 atom stereocenters. The van der Waals surface area contributed by atoms with Gasteiger partial charge in [0.25, 0.3) is 5.91 Å². The van der Waals surface area contributed by atoms with E-state index in [4.69, 9.17) is 16.3 Å². The van der Waals surface area contributed by atoms with Crippen molar-refractivity contribution in [1.82, 2.24) is 4.90 Å². The predicted molar refractivity (Wildman–Crippen MR) is 99.6 cm³/mol. The van der Waals surface area contributed by atoms with E-state index in [0.717, 1.165) is 5.69 Å². The minimum atomic E-state index is -0.213. The Kier molecular flexibility index (Phi) is 6.25. The molecular weight excluding hydrogens is 342 g/mol. The molecule has 0 unspecified atom stereocenters. The first kappa shape index (κ1) is 18.6. The Hall–Kier alpha value is -2.73. The second kappa shape index (κ2) is 8.39. The lowest BCUT2D eigenvalue weighted by Gasteiger charge is -2.12. The van der Waals surface area contributed by atoms with Gasteiger partial charge in [0.15, 0.2) is 0 Å². The van der Waals surface area contributed by atoms with Crippen molar-refractivity contribution in [1.29, 1.82) is 0 Å². The summed E-state index contributed by atoms with van der Waals surface area (Å²) in [5.74, 6) is 0.264. The molecule has 2 aromatic rings. The number of benzene rings is 2. The van der Waals surface area contributed by atoms with Crippen LogP contribution in [0.25, 0.3) is 0 Å². The number of hydrogen-bond donors (Lipinski definition) is 2. The van der Waals surface area contributed by atoms with E-state index in [9.17, 15) is 9.59 Å². The van der Waals surface area contributed by atoms with Crippen LogP contribution in [-0.4, -0.2) is 44.5 Å². The Morgan fingerprint density at radius 2 is 1.72 bits per heavy atom. The fourth-order valence-corrected chi connectivity index (χ4v) is 2.38. The molecule has 0 fully saturated rings. The number of hydrogen-bond acceptors (Lipinski definition) is 4. The Morgan fingerprint density at radius 1 is 1.08 bits per heavy atom. The lowest BCUT2D eigenvalue weighted by molar-refractivity contribution is -0.114. The van der Waals surface area contributed by atoms with Crippen molar-refractivity contribution in [3.8, 4) is 5.75 Å². The Balaban J connectivity index is 1.89. The number of halogens is 1. The number of amides is 2. The SMILES string of the molecule is COc1ccc(NC(=O)CNc2ccc(C(=O)N(C)C)cc2)cc1Cl. The number of carbonyl (C=O) groups is 2. The molecule has 0 saturated carbocycles. The van der Waals surface area contributed by atoms with Gasteiger partial charge in [-0.3, -0.25) is 9.59 Å². The molecule has 6 nitrogen and oxygen atoms in total. The van der Waals surface area contributed by atoms with Crippen LogP contribution in [0.15, 0.2) is 42.5 Å². The van der Waals surface area contributed by atoms with Crippen LogP contribution in [0.2, 0.25) is 5.02 Å². The number of anilines is 2. The van der Waals surface area contributed by atoms with Crippen LogP contribution in [0.5, 0.6) is 5.75 Å². The topological polar surface area (TPSA) is 70.7 Å². The van der Waals surface area contributed by atoms with E-state index in [2.05, 4.69) is 10.6 Å². The summed E-state index contributed by atoms with van der Waals surface area (Å²) in [4.78, 5) is 25.3. The largest absolute Gasteiger partial charge is 0.495 e. The summed E-state index contributed by atoms with van der Waals surface area (Å²) < 4.78 is 5.07. The van der Waals surface area contributed by atoms with Gasteiger partial charge >= 0.3 is 0 Å². The summed E-state index contributed by atoms with van der Waals surface area (Å²) in [6.07, 6.45) is 0. The minimum Gasteiger partial charge on any atom is -0.495 e. The summed E-state index contributed by atoms with van der Waals surface area (Å²) in [7, 11) is 4.93. The summed E-state index contributed by atoms with van der Waals surface area (Å²) >= 11 is 6.03. The summed E-state index contributed by atoms with van der Waals surface area (Å²) in [5.41, 5.74) is 1.93. The molecule has 0 saturated heterocycles. The third-order valence-electron chi connectivity index (χ3n) is 3.43. The van der Waals surface area contributed by atoms with E-state index in [0.29, 0.717) is 22.0 Å². The molecule has 0 aliphatic carbocycles. The molecule has 0 spiro atoms. The monoisotopic (exact) mass is 361 g/mol. The second-order valence-electron chi connectivity index (χ2n) is 5.53. The lowest BCUT2D eigenvalue weighted by Crippen LogP contribution is -2.22. The molecule has 0 aliphatic rings. The summed E-state index contributed by atoms with van der Waals surface area (Å²) in [5, 5.41) is 6.17. The van der Waals surface area contributed by atoms with Gasteiger partial charge in [0.05, 0.1) is 18.7 Å². The van der Waals surface area contributed by atoms with Gasteiger partial charge in [-0.1, -0.05) is 11.6 Å². The molecule has 0 radical (unpaired) electrons. The minimum absolute atomic E-state index is 0.0688. The first-order chi connectivity index (χ1) is 11.9. The van der Waals surface area contributed by atoms with Gasteiger partial charge in [-0.05, 0) is 42.5 Å². The molecule has 2 N–H and O–H groups in total. The third kappa shape index (κ3) is 5.12. The van der Waals surface area contributed by atoms with Crippen LogP contribution in [0.4, 0.5) is 11.4 Å². The van der Waals surface area contributed by atoms with E-state index in [1.165, 1.54) is 12.0 Å². The van der Waals surface area contributed by atoms with E-state index >= 15 is 0 Å². The fraction of sp³-hybridized carbons (Fsp3) is 0.222. The number of ether oxygens (including phenoxy) is 1. The normalized spacial score (nSPS) is 10.1. The zero-order chi connectivity index (χ0) is 18.4. The van der Waals surface area contributed by atoms with Crippen molar-refractivity contribution in [2.24, 2.45) is 0 Å². The number of rotatable bonds is 6. The average molecular weight is 362 g/mol. The number of carbonyl (C=O) groups excluding carboxylic acids is 2. The highest BCUT2D eigenvalue weighted by molar-refractivity contribution is 6.32.